The number of nitrogens with two attached hydrogens (primary N) is 1. The zero-order chi connectivity index (χ0) is 15.5. The highest BCUT2D eigenvalue weighted by Crippen LogP contribution is 2.29. The molecule has 1 aromatic carbocycles. The molecule has 21 heavy (non-hydrogen) atoms. The van der Waals surface area contributed by atoms with Crippen LogP contribution in [0.15, 0.2) is 24.3 Å². The van der Waals surface area contributed by atoms with Crippen LogP contribution in [-0.4, -0.2) is 18.1 Å². The van der Waals surface area contributed by atoms with Crippen molar-refractivity contribution < 1.29 is 18.0 Å². The Labute approximate surface area is 120 Å². The highest BCUT2D eigenvalue weighted by atomic mass is 19.4. The molecule has 0 heterocycles. The summed E-state index contributed by atoms with van der Waals surface area (Å²) < 4.78 is 37.3. The van der Waals surface area contributed by atoms with E-state index in [1.54, 1.807) is 0 Å². The maximum absolute atomic E-state index is 12.4. The van der Waals surface area contributed by atoms with Gasteiger partial charge in [-0.15, -0.1) is 0 Å². The lowest BCUT2D eigenvalue weighted by molar-refractivity contribution is -0.137. The van der Waals surface area contributed by atoms with Crippen LogP contribution in [0.4, 0.5) is 23.7 Å². The molecule has 1 aliphatic rings. The maximum atomic E-state index is 12.4. The molecule has 4 N–H and O–H groups in total. The number of amides is 2. The van der Waals surface area contributed by atoms with Crippen molar-refractivity contribution in [3.63, 3.8) is 0 Å². The number of urea groups is 1. The molecular weight excluding hydrogens is 283 g/mol. The molecule has 2 rings (SSSR count). The van der Waals surface area contributed by atoms with Crippen LogP contribution >= 0.6 is 0 Å². The van der Waals surface area contributed by atoms with Gasteiger partial charge in [-0.25, -0.2) is 4.79 Å². The second kappa shape index (κ2) is 6.34. The van der Waals surface area contributed by atoms with Crippen LogP contribution in [0.3, 0.4) is 0 Å². The fraction of sp³-hybridized carbons (Fsp3) is 0.500. The van der Waals surface area contributed by atoms with Gasteiger partial charge in [-0.2, -0.15) is 13.2 Å². The molecule has 0 aliphatic heterocycles. The van der Waals surface area contributed by atoms with Crippen LogP contribution in [0, 0.1) is 0 Å². The Morgan fingerprint density at radius 3 is 2.33 bits per heavy atom. The van der Waals surface area contributed by atoms with Gasteiger partial charge in [0.1, 0.15) is 0 Å². The molecule has 7 heteroatoms. The number of benzene rings is 1. The first-order valence-corrected chi connectivity index (χ1v) is 6.86. The number of carbonyl (C=O) groups excluding carboxylic acids is 1. The monoisotopic (exact) mass is 301 g/mol. The fourth-order valence-corrected chi connectivity index (χ4v) is 2.42. The smallest absolute Gasteiger partial charge is 0.334 e. The van der Waals surface area contributed by atoms with Gasteiger partial charge in [0.15, 0.2) is 0 Å². The number of nitrogens with one attached hydrogen (secondary N) is 2. The van der Waals surface area contributed by atoms with Gasteiger partial charge in [-0.3, -0.25) is 0 Å². The van der Waals surface area contributed by atoms with Crippen molar-refractivity contribution >= 4 is 11.7 Å². The summed E-state index contributed by atoms with van der Waals surface area (Å²) in [6, 6.07) is 3.71. The molecule has 1 fully saturated rings. The number of hydrogen-bond donors (Lipinski definition) is 3. The zero-order valence-electron chi connectivity index (χ0n) is 11.4. The first-order chi connectivity index (χ1) is 9.86. The van der Waals surface area contributed by atoms with E-state index < -0.39 is 17.8 Å². The second-order valence-corrected chi connectivity index (χ2v) is 5.23. The molecule has 2 atom stereocenters. The summed E-state index contributed by atoms with van der Waals surface area (Å²) in [7, 11) is 0. The van der Waals surface area contributed by atoms with E-state index >= 15 is 0 Å². The van der Waals surface area contributed by atoms with E-state index in [9.17, 15) is 18.0 Å². The van der Waals surface area contributed by atoms with E-state index in [1.165, 1.54) is 12.1 Å². The third-order valence-corrected chi connectivity index (χ3v) is 3.61. The van der Waals surface area contributed by atoms with Crippen LogP contribution in [-0.2, 0) is 6.18 Å². The molecule has 1 aliphatic carbocycles. The number of hydrogen-bond acceptors (Lipinski definition) is 2. The van der Waals surface area contributed by atoms with Gasteiger partial charge >= 0.3 is 12.2 Å². The number of alkyl halides is 3. The van der Waals surface area contributed by atoms with E-state index in [0.29, 0.717) is 5.69 Å². The van der Waals surface area contributed by atoms with E-state index in [0.717, 1.165) is 37.8 Å². The Balaban J connectivity index is 1.90. The van der Waals surface area contributed by atoms with Crippen LogP contribution < -0.4 is 16.4 Å². The Hall–Kier alpha value is -1.76. The summed E-state index contributed by atoms with van der Waals surface area (Å²) in [5, 5.41) is 5.28. The van der Waals surface area contributed by atoms with Crippen LogP contribution in [0.1, 0.15) is 31.2 Å². The van der Waals surface area contributed by atoms with Gasteiger partial charge in [0.2, 0.25) is 0 Å². The Bertz CT molecular complexity index is 487. The predicted molar refractivity (Wildman–Crippen MR) is 73.8 cm³/mol. The lowest BCUT2D eigenvalue weighted by atomic mass is 9.91. The first-order valence-electron chi connectivity index (χ1n) is 6.86. The predicted octanol–water partition coefficient (Wildman–Crippen LogP) is 3.10. The molecule has 2 unspecified atom stereocenters. The molecule has 0 spiro atoms. The highest BCUT2D eigenvalue weighted by molar-refractivity contribution is 5.89. The summed E-state index contributed by atoms with van der Waals surface area (Å²) in [5.74, 6) is 0. The van der Waals surface area contributed by atoms with E-state index in [-0.39, 0.29) is 12.1 Å². The SMILES string of the molecule is NC1CCCCC1NC(=O)Nc1ccc(C(F)(F)F)cc1. The molecule has 0 saturated heterocycles. The van der Waals surface area contributed by atoms with Crippen molar-refractivity contribution in [2.75, 3.05) is 5.32 Å². The molecule has 116 valence electrons. The maximum Gasteiger partial charge on any atom is 0.416 e. The third kappa shape index (κ3) is 4.35. The molecule has 4 nitrogen and oxygen atoms in total. The molecule has 2 amide bonds. The number of rotatable bonds is 2. The lowest BCUT2D eigenvalue weighted by Gasteiger charge is -2.29. The average Bonchev–Trinajstić information content (AvgIpc) is 2.41. The van der Waals surface area contributed by atoms with Crippen molar-refractivity contribution in [1.29, 1.82) is 0 Å². The van der Waals surface area contributed by atoms with Crippen molar-refractivity contribution in [3.05, 3.63) is 29.8 Å². The minimum Gasteiger partial charge on any atom is -0.334 e. The van der Waals surface area contributed by atoms with Crippen molar-refractivity contribution in [1.82, 2.24) is 5.32 Å². The average molecular weight is 301 g/mol. The summed E-state index contributed by atoms with van der Waals surface area (Å²) in [6.45, 7) is 0. The summed E-state index contributed by atoms with van der Waals surface area (Å²) in [4.78, 5) is 11.8. The first kappa shape index (κ1) is 15.6. The molecule has 0 bridgehead atoms. The Morgan fingerprint density at radius 1 is 1.14 bits per heavy atom. The molecule has 1 aromatic rings. The lowest BCUT2D eigenvalue weighted by Crippen LogP contribution is -2.50. The van der Waals surface area contributed by atoms with E-state index in [2.05, 4.69) is 10.6 Å². The summed E-state index contributed by atoms with van der Waals surface area (Å²) in [6.07, 6.45) is -0.624. The van der Waals surface area contributed by atoms with Gasteiger partial charge < -0.3 is 16.4 Å². The van der Waals surface area contributed by atoms with Crippen LogP contribution in [0.25, 0.3) is 0 Å². The normalized spacial score (nSPS) is 22.7. The van der Waals surface area contributed by atoms with Gasteiger partial charge in [-0.1, -0.05) is 12.8 Å². The Kier molecular flexibility index (Phi) is 4.72. The number of anilines is 1. The summed E-state index contributed by atoms with van der Waals surface area (Å²) >= 11 is 0. The van der Waals surface area contributed by atoms with Gasteiger partial charge in [-0.05, 0) is 37.1 Å². The molecular formula is C14H18F3N3O. The Morgan fingerprint density at radius 2 is 1.76 bits per heavy atom. The number of carbonyl (C=O) groups is 1. The van der Waals surface area contributed by atoms with Crippen LogP contribution in [0.5, 0.6) is 0 Å². The largest absolute Gasteiger partial charge is 0.416 e. The van der Waals surface area contributed by atoms with E-state index in [4.69, 9.17) is 5.73 Å². The minimum atomic E-state index is -4.38. The summed E-state index contributed by atoms with van der Waals surface area (Å²) in [5.41, 5.74) is 5.48. The van der Waals surface area contributed by atoms with Gasteiger partial charge in [0.25, 0.3) is 0 Å². The quantitative estimate of drug-likeness (QED) is 0.785. The topological polar surface area (TPSA) is 67.1 Å². The van der Waals surface area contributed by atoms with Crippen LogP contribution in [0.2, 0.25) is 0 Å². The molecule has 1 saturated carbocycles. The van der Waals surface area contributed by atoms with E-state index in [1.807, 2.05) is 0 Å². The second-order valence-electron chi connectivity index (χ2n) is 5.23. The number of halogens is 3. The minimum absolute atomic E-state index is 0.0721. The zero-order valence-corrected chi connectivity index (χ0v) is 11.4. The standard InChI is InChI=1S/C14H18F3N3O/c15-14(16,17)9-5-7-10(8-6-9)19-13(21)20-12-4-2-1-3-11(12)18/h5-8,11-12H,1-4,18H2,(H2,19,20,21). The molecule has 0 radical (unpaired) electrons. The van der Waals surface area contributed by atoms with Gasteiger partial charge in [0.05, 0.1) is 5.56 Å². The van der Waals surface area contributed by atoms with Crippen molar-refractivity contribution in [2.24, 2.45) is 5.73 Å². The third-order valence-electron chi connectivity index (χ3n) is 3.61. The highest BCUT2D eigenvalue weighted by Gasteiger charge is 2.30. The fourth-order valence-electron chi connectivity index (χ4n) is 2.42. The molecule has 0 aromatic heterocycles. The van der Waals surface area contributed by atoms with Gasteiger partial charge in [0, 0.05) is 17.8 Å². The van der Waals surface area contributed by atoms with Crippen molar-refractivity contribution in [3.8, 4) is 0 Å². The van der Waals surface area contributed by atoms with Crippen molar-refractivity contribution in [2.45, 2.75) is 43.9 Å².